The second-order valence-electron chi connectivity index (χ2n) is 9.56. The molecule has 0 radical (unpaired) electrons. The number of piperidine rings is 1. The Kier molecular flexibility index (Phi) is 6.63. The molecule has 1 fully saturated rings. The number of aryl methyl sites for hydroxylation is 2. The van der Waals surface area contributed by atoms with Gasteiger partial charge in [-0.15, -0.1) is 0 Å². The van der Waals surface area contributed by atoms with Gasteiger partial charge >= 0.3 is 0 Å². The summed E-state index contributed by atoms with van der Waals surface area (Å²) in [6, 6.07) is 9.65. The third-order valence-corrected chi connectivity index (χ3v) is 8.34. The van der Waals surface area contributed by atoms with Crippen molar-refractivity contribution in [3.8, 4) is 16.3 Å². The van der Waals surface area contributed by atoms with Gasteiger partial charge in [-0.25, -0.2) is 14.4 Å². The minimum Gasteiger partial charge on any atom is -0.361 e. The summed E-state index contributed by atoms with van der Waals surface area (Å²) in [5, 5.41) is 7.18. The molecule has 1 unspecified atom stereocenters. The lowest BCUT2D eigenvalue weighted by atomic mass is 9.99. The van der Waals surface area contributed by atoms with Crippen LogP contribution < -0.4 is 10.2 Å². The fourth-order valence-electron chi connectivity index (χ4n) is 5.24. The molecular formula is C28H24ClFN6O3S. The topological polar surface area (TPSA) is 106 Å². The van der Waals surface area contributed by atoms with Crippen LogP contribution in [0.3, 0.4) is 0 Å². The number of hydrogen-bond acceptors (Lipinski definition) is 7. The van der Waals surface area contributed by atoms with Crippen LogP contribution in [0.5, 0.6) is 0 Å². The molecule has 9 nitrogen and oxygen atoms in total. The number of fused-ring (bicyclic) bond motifs is 1. The van der Waals surface area contributed by atoms with Crippen LogP contribution in [0.25, 0.3) is 27.3 Å². The van der Waals surface area contributed by atoms with E-state index in [-0.39, 0.29) is 16.8 Å². The van der Waals surface area contributed by atoms with Gasteiger partial charge in [-0.3, -0.25) is 14.2 Å². The number of thiazole rings is 1. The molecule has 3 aromatic heterocycles. The minimum absolute atomic E-state index is 0.0672. The van der Waals surface area contributed by atoms with Crippen LogP contribution in [-0.4, -0.2) is 38.6 Å². The van der Waals surface area contributed by atoms with Gasteiger partial charge in [0.25, 0.3) is 5.91 Å². The van der Waals surface area contributed by atoms with E-state index < -0.39 is 11.9 Å². The van der Waals surface area contributed by atoms with E-state index in [2.05, 4.69) is 15.5 Å². The molecule has 0 bridgehead atoms. The number of aromatic nitrogens is 4. The van der Waals surface area contributed by atoms with E-state index in [1.165, 1.54) is 29.7 Å². The summed E-state index contributed by atoms with van der Waals surface area (Å²) in [7, 11) is 1.56. The number of halogens is 2. The molecule has 204 valence electrons. The number of anilines is 1. The number of rotatable bonds is 5. The minimum atomic E-state index is -0.560. The third-order valence-electron chi connectivity index (χ3n) is 7.07. The predicted octanol–water partition coefficient (Wildman–Crippen LogP) is 6.16. The van der Waals surface area contributed by atoms with Crippen molar-refractivity contribution in [3.63, 3.8) is 0 Å². The van der Waals surface area contributed by atoms with Gasteiger partial charge in [-0.05, 0) is 62.6 Å². The smallest absolute Gasteiger partial charge is 0.262 e. The standard InChI is InChI=1S/C28H24ClFN6O3S/c1-14-25(15(2)39-34-14)16-7-10-21-20(11-16)33-26(36(21)28-32-13-23(40-28)27(38)31-3)22-5-4-6-24(37)35(22)17-8-9-19(30)18(29)12-17/h7-13,22H,4-6H2,1-3H3,(H,31,38). The van der Waals surface area contributed by atoms with Crippen LogP contribution >= 0.6 is 22.9 Å². The van der Waals surface area contributed by atoms with Crippen molar-refractivity contribution in [2.24, 2.45) is 0 Å². The Bertz CT molecular complexity index is 1770. The van der Waals surface area contributed by atoms with E-state index in [0.29, 0.717) is 52.1 Å². The Morgan fingerprint density at radius 3 is 2.77 bits per heavy atom. The molecule has 2 aromatic carbocycles. The summed E-state index contributed by atoms with van der Waals surface area (Å²) >= 11 is 7.34. The van der Waals surface area contributed by atoms with Gasteiger partial charge in [0, 0.05) is 24.7 Å². The van der Waals surface area contributed by atoms with Crippen molar-refractivity contribution < 1.29 is 18.5 Å². The summed E-state index contributed by atoms with van der Waals surface area (Å²) in [4.78, 5) is 37.4. The van der Waals surface area contributed by atoms with E-state index in [1.54, 1.807) is 18.0 Å². The highest BCUT2D eigenvalue weighted by atomic mass is 35.5. The maximum Gasteiger partial charge on any atom is 0.262 e. The Morgan fingerprint density at radius 1 is 1.23 bits per heavy atom. The van der Waals surface area contributed by atoms with Gasteiger partial charge < -0.3 is 14.7 Å². The lowest BCUT2D eigenvalue weighted by molar-refractivity contribution is -0.120. The normalized spacial score (nSPS) is 15.7. The maximum absolute atomic E-state index is 14.0. The van der Waals surface area contributed by atoms with Gasteiger partial charge in [0.2, 0.25) is 5.91 Å². The van der Waals surface area contributed by atoms with Gasteiger partial charge in [0.1, 0.15) is 22.3 Å². The monoisotopic (exact) mass is 578 g/mol. The summed E-state index contributed by atoms with van der Waals surface area (Å²) in [6.45, 7) is 3.74. The Morgan fingerprint density at radius 2 is 2.05 bits per heavy atom. The molecule has 1 aliphatic heterocycles. The van der Waals surface area contributed by atoms with E-state index in [0.717, 1.165) is 22.3 Å². The van der Waals surface area contributed by atoms with Crippen molar-refractivity contribution in [3.05, 3.63) is 75.6 Å². The van der Waals surface area contributed by atoms with E-state index in [4.69, 9.17) is 21.1 Å². The molecule has 0 aliphatic carbocycles. The molecule has 0 spiro atoms. The van der Waals surface area contributed by atoms with Crippen molar-refractivity contribution in [1.29, 1.82) is 0 Å². The van der Waals surface area contributed by atoms with Gasteiger partial charge in [0.15, 0.2) is 5.13 Å². The first kappa shape index (κ1) is 26.1. The number of nitrogens with zero attached hydrogens (tertiary/aromatic N) is 5. The third kappa shape index (κ3) is 4.35. The molecule has 1 N–H and O–H groups in total. The second kappa shape index (κ2) is 10.1. The number of carbonyl (C=O) groups excluding carboxylic acids is 2. The molecule has 12 heteroatoms. The first-order chi connectivity index (χ1) is 19.3. The highest BCUT2D eigenvalue weighted by Crippen LogP contribution is 2.40. The molecule has 40 heavy (non-hydrogen) atoms. The number of nitrogens with one attached hydrogen (secondary N) is 1. The van der Waals surface area contributed by atoms with Crippen LogP contribution in [0.2, 0.25) is 5.02 Å². The zero-order valence-electron chi connectivity index (χ0n) is 21.9. The first-order valence-corrected chi connectivity index (χ1v) is 13.9. The van der Waals surface area contributed by atoms with Crippen molar-refractivity contribution in [1.82, 2.24) is 25.0 Å². The number of carbonyl (C=O) groups is 2. The summed E-state index contributed by atoms with van der Waals surface area (Å²) in [5.74, 6) is 0.362. The number of hydrogen-bond donors (Lipinski definition) is 1. The lowest BCUT2D eigenvalue weighted by Crippen LogP contribution is -2.39. The first-order valence-electron chi connectivity index (χ1n) is 12.7. The van der Waals surface area contributed by atoms with Crippen LogP contribution in [0.15, 0.2) is 47.1 Å². The summed E-state index contributed by atoms with van der Waals surface area (Å²) in [6.07, 6.45) is 3.15. The SMILES string of the molecule is CNC(=O)c1cnc(-n2c(C3CCCC(=O)N3c3ccc(F)c(Cl)c3)nc3cc(-c4c(C)noc4C)ccc32)s1. The van der Waals surface area contributed by atoms with Crippen LogP contribution in [0.1, 0.15) is 52.3 Å². The average molecular weight is 579 g/mol. The van der Waals surface area contributed by atoms with Gasteiger partial charge in [-0.2, -0.15) is 0 Å². The Balaban J connectivity index is 1.56. The van der Waals surface area contributed by atoms with Crippen LogP contribution in [-0.2, 0) is 4.79 Å². The van der Waals surface area contributed by atoms with Crippen molar-refractivity contribution >= 4 is 51.5 Å². The second-order valence-corrected chi connectivity index (χ2v) is 11.0. The lowest BCUT2D eigenvalue weighted by Gasteiger charge is -2.35. The summed E-state index contributed by atoms with van der Waals surface area (Å²) in [5.41, 5.74) is 4.49. The number of imidazole rings is 1. The molecule has 4 heterocycles. The van der Waals surface area contributed by atoms with E-state index in [1.807, 2.05) is 36.6 Å². The zero-order chi connectivity index (χ0) is 28.1. The molecule has 1 aliphatic rings. The highest BCUT2D eigenvalue weighted by molar-refractivity contribution is 7.16. The Labute approximate surface area is 237 Å². The van der Waals surface area contributed by atoms with Crippen molar-refractivity contribution in [2.45, 2.75) is 39.2 Å². The van der Waals surface area contributed by atoms with Crippen LogP contribution in [0.4, 0.5) is 10.1 Å². The number of amides is 2. The molecular weight excluding hydrogens is 555 g/mol. The van der Waals surface area contributed by atoms with Gasteiger partial charge in [-0.1, -0.05) is 34.2 Å². The van der Waals surface area contributed by atoms with Crippen molar-refractivity contribution in [2.75, 3.05) is 11.9 Å². The molecule has 0 saturated carbocycles. The largest absolute Gasteiger partial charge is 0.361 e. The predicted molar refractivity (Wildman–Crippen MR) is 151 cm³/mol. The summed E-state index contributed by atoms with van der Waals surface area (Å²) < 4.78 is 21.3. The van der Waals surface area contributed by atoms with E-state index in [9.17, 15) is 14.0 Å². The highest BCUT2D eigenvalue weighted by Gasteiger charge is 2.35. The average Bonchev–Trinajstić information content (AvgIpc) is 3.66. The number of benzene rings is 2. The molecule has 1 saturated heterocycles. The molecule has 1 atom stereocenters. The molecule has 5 aromatic rings. The fourth-order valence-corrected chi connectivity index (χ4v) is 6.30. The molecule has 6 rings (SSSR count). The van der Waals surface area contributed by atoms with Gasteiger partial charge in [0.05, 0.1) is 34.0 Å². The zero-order valence-corrected chi connectivity index (χ0v) is 23.4. The van der Waals surface area contributed by atoms with E-state index >= 15 is 0 Å². The Hall–Kier alpha value is -4.09. The van der Waals surface area contributed by atoms with Crippen LogP contribution in [0, 0.1) is 19.7 Å². The fraction of sp³-hybridized carbons (Fsp3) is 0.250. The maximum atomic E-state index is 14.0. The molecule has 2 amide bonds. The quantitative estimate of drug-likeness (QED) is 0.267.